The summed E-state index contributed by atoms with van der Waals surface area (Å²) in [6, 6.07) is 7.88. The molecule has 1 aromatic carbocycles. The van der Waals surface area contributed by atoms with Crippen molar-refractivity contribution in [3.63, 3.8) is 0 Å². The van der Waals surface area contributed by atoms with Crippen molar-refractivity contribution < 1.29 is 8.42 Å². The lowest BCUT2D eigenvalue weighted by molar-refractivity contribution is 0.560. The van der Waals surface area contributed by atoms with E-state index in [2.05, 4.69) is 18.1 Å². The van der Waals surface area contributed by atoms with Gasteiger partial charge in [0.2, 0.25) is 0 Å². The summed E-state index contributed by atoms with van der Waals surface area (Å²) in [4.78, 5) is 2.90. The van der Waals surface area contributed by atoms with E-state index in [0.29, 0.717) is 5.03 Å². The van der Waals surface area contributed by atoms with Crippen LogP contribution in [0.25, 0.3) is 0 Å². The third-order valence-corrected chi connectivity index (χ3v) is 6.29. The first-order valence-electron chi connectivity index (χ1n) is 7.72. The predicted molar refractivity (Wildman–Crippen MR) is 98.9 cm³/mol. The van der Waals surface area contributed by atoms with Gasteiger partial charge in [-0.15, -0.1) is 0 Å². The van der Waals surface area contributed by atoms with Gasteiger partial charge < -0.3 is 4.90 Å². The van der Waals surface area contributed by atoms with E-state index in [9.17, 15) is 8.42 Å². The monoisotopic (exact) mass is 365 g/mol. The van der Waals surface area contributed by atoms with Crippen LogP contribution >= 0.6 is 11.8 Å². The quantitative estimate of drug-likeness (QED) is 0.754. The summed E-state index contributed by atoms with van der Waals surface area (Å²) in [5, 5.41) is 4.64. The Kier molecular flexibility index (Phi) is 6.12. The highest BCUT2D eigenvalue weighted by molar-refractivity contribution is 8.00. The second kappa shape index (κ2) is 7.90. The number of benzene rings is 1. The fraction of sp³-hybridized carbons (Fsp3) is 0.353. The SMILES string of the molecule is CCc1cccc(C)c1Sc1ccnn1S(=O)(=O)CC=CN(C)C. The third-order valence-electron chi connectivity index (χ3n) is 3.43. The Balaban J connectivity index is 2.32. The van der Waals surface area contributed by atoms with E-state index in [4.69, 9.17) is 0 Å². The Morgan fingerprint density at radius 1 is 1.29 bits per heavy atom. The van der Waals surface area contributed by atoms with E-state index in [1.54, 1.807) is 23.2 Å². The number of nitrogens with zero attached hydrogens (tertiary/aromatic N) is 3. The highest BCUT2D eigenvalue weighted by Gasteiger charge is 2.18. The molecule has 1 heterocycles. The van der Waals surface area contributed by atoms with Gasteiger partial charge in [-0.2, -0.15) is 9.19 Å². The second-order valence-electron chi connectivity index (χ2n) is 5.66. The summed E-state index contributed by atoms with van der Waals surface area (Å²) in [5.41, 5.74) is 2.34. The van der Waals surface area contributed by atoms with E-state index in [1.165, 1.54) is 23.5 Å². The van der Waals surface area contributed by atoms with Gasteiger partial charge in [-0.1, -0.05) is 43.0 Å². The standard InChI is InChI=1S/C17H23N3O2S2/c1-5-15-9-6-8-14(2)17(15)23-16-10-11-18-20(16)24(21,22)13-7-12-19(3)4/h6-12H,5,13H2,1-4H3. The van der Waals surface area contributed by atoms with Crippen molar-refractivity contribution in [3.8, 4) is 0 Å². The Hall–Kier alpha value is -1.73. The maximum atomic E-state index is 12.5. The van der Waals surface area contributed by atoms with Crippen LogP contribution in [0, 0.1) is 6.92 Å². The molecule has 0 spiro atoms. The zero-order valence-electron chi connectivity index (χ0n) is 14.4. The summed E-state index contributed by atoms with van der Waals surface area (Å²) < 4.78 is 26.2. The van der Waals surface area contributed by atoms with E-state index in [-0.39, 0.29) is 5.75 Å². The first-order chi connectivity index (χ1) is 11.3. The molecule has 0 bridgehead atoms. The summed E-state index contributed by atoms with van der Waals surface area (Å²) in [5.74, 6) is -0.0885. The fourth-order valence-corrected chi connectivity index (χ4v) is 4.74. The maximum absolute atomic E-state index is 12.5. The molecular weight excluding hydrogens is 342 g/mol. The average molecular weight is 366 g/mol. The van der Waals surface area contributed by atoms with Crippen LogP contribution in [0.15, 0.2) is 52.7 Å². The molecule has 0 N–H and O–H groups in total. The Morgan fingerprint density at radius 3 is 2.71 bits per heavy atom. The van der Waals surface area contributed by atoms with Crippen LogP contribution < -0.4 is 0 Å². The van der Waals surface area contributed by atoms with Gasteiger partial charge >= 0.3 is 0 Å². The zero-order valence-corrected chi connectivity index (χ0v) is 16.1. The Bertz CT molecular complexity index is 824. The van der Waals surface area contributed by atoms with Crippen LogP contribution in [-0.2, 0) is 16.4 Å². The molecule has 0 radical (unpaired) electrons. The molecule has 0 amide bonds. The zero-order chi connectivity index (χ0) is 17.7. The molecule has 1 aromatic heterocycles. The first-order valence-corrected chi connectivity index (χ1v) is 10.1. The largest absolute Gasteiger partial charge is 0.384 e. The summed E-state index contributed by atoms with van der Waals surface area (Å²) >= 11 is 1.45. The third kappa shape index (κ3) is 4.42. The topological polar surface area (TPSA) is 55.2 Å². The molecular formula is C17H23N3O2S2. The number of aryl methyl sites for hydroxylation is 2. The van der Waals surface area contributed by atoms with Gasteiger partial charge in [0.15, 0.2) is 0 Å². The van der Waals surface area contributed by atoms with Crippen molar-refractivity contribution in [2.75, 3.05) is 19.8 Å². The highest BCUT2D eigenvalue weighted by Crippen LogP contribution is 2.33. The Labute approximate surface area is 148 Å². The molecule has 0 aliphatic heterocycles. The number of hydrogen-bond donors (Lipinski definition) is 0. The van der Waals surface area contributed by atoms with Gasteiger partial charge in [0.1, 0.15) is 5.03 Å². The molecule has 2 rings (SSSR count). The maximum Gasteiger partial charge on any atom is 0.258 e. The van der Waals surface area contributed by atoms with Crippen molar-refractivity contribution >= 4 is 21.8 Å². The van der Waals surface area contributed by atoms with E-state index in [0.717, 1.165) is 21.0 Å². The number of aromatic nitrogens is 2. The van der Waals surface area contributed by atoms with Crippen molar-refractivity contribution in [2.24, 2.45) is 0 Å². The molecule has 0 aliphatic carbocycles. The van der Waals surface area contributed by atoms with Crippen molar-refractivity contribution in [1.82, 2.24) is 14.1 Å². The minimum absolute atomic E-state index is 0.0885. The van der Waals surface area contributed by atoms with Crippen LogP contribution in [0.1, 0.15) is 18.1 Å². The molecule has 0 unspecified atom stereocenters. The van der Waals surface area contributed by atoms with Crippen LogP contribution in [0.5, 0.6) is 0 Å². The molecule has 130 valence electrons. The van der Waals surface area contributed by atoms with Crippen LogP contribution in [-0.4, -0.2) is 42.4 Å². The molecule has 0 saturated heterocycles. The van der Waals surface area contributed by atoms with Gasteiger partial charge in [-0.3, -0.25) is 0 Å². The molecule has 0 saturated carbocycles. The van der Waals surface area contributed by atoms with Crippen LogP contribution in [0.2, 0.25) is 0 Å². The molecule has 5 nitrogen and oxygen atoms in total. The molecule has 0 aliphatic rings. The summed E-state index contributed by atoms with van der Waals surface area (Å²) in [7, 11) is 0.175. The minimum atomic E-state index is -3.52. The van der Waals surface area contributed by atoms with Gasteiger partial charge in [0, 0.05) is 19.0 Å². The molecule has 0 atom stereocenters. The van der Waals surface area contributed by atoms with Crippen molar-refractivity contribution in [3.05, 3.63) is 53.9 Å². The number of hydrogen-bond acceptors (Lipinski definition) is 5. The van der Waals surface area contributed by atoms with Gasteiger partial charge in [-0.25, -0.2) is 8.42 Å². The second-order valence-corrected chi connectivity index (χ2v) is 8.53. The molecule has 7 heteroatoms. The molecule has 0 fully saturated rings. The average Bonchev–Trinajstić information content (AvgIpc) is 2.98. The minimum Gasteiger partial charge on any atom is -0.384 e. The van der Waals surface area contributed by atoms with E-state index < -0.39 is 10.0 Å². The van der Waals surface area contributed by atoms with E-state index >= 15 is 0 Å². The van der Waals surface area contributed by atoms with E-state index in [1.807, 2.05) is 33.2 Å². The lowest BCUT2D eigenvalue weighted by Gasteiger charge is -2.12. The van der Waals surface area contributed by atoms with Crippen LogP contribution in [0.3, 0.4) is 0 Å². The first kappa shape index (κ1) is 18.6. The normalized spacial score (nSPS) is 12.0. The predicted octanol–water partition coefficient (Wildman–Crippen LogP) is 3.16. The summed E-state index contributed by atoms with van der Waals surface area (Å²) in [6.07, 6.45) is 5.77. The smallest absolute Gasteiger partial charge is 0.258 e. The Morgan fingerprint density at radius 2 is 2.04 bits per heavy atom. The lowest BCUT2D eigenvalue weighted by Crippen LogP contribution is -2.18. The van der Waals surface area contributed by atoms with Crippen molar-refractivity contribution in [1.29, 1.82) is 0 Å². The van der Waals surface area contributed by atoms with Crippen LogP contribution in [0.4, 0.5) is 0 Å². The lowest BCUT2D eigenvalue weighted by atomic mass is 10.1. The molecule has 2 aromatic rings. The van der Waals surface area contributed by atoms with Gasteiger partial charge in [0.05, 0.1) is 11.9 Å². The van der Waals surface area contributed by atoms with Gasteiger partial charge in [0.25, 0.3) is 10.0 Å². The van der Waals surface area contributed by atoms with Crippen molar-refractivity contribution in [2.45, 2.75) is 30.2 Å². The molecule has 24 heavy (non-hydrogen) atoms. The number of rotatable bonds is 7. The van der Waals surface area contributed by atoms with Gasteiger partial charge in [-0.05, 0) is 36.7 Å². The highest BCUT2D eigenvalue weighted by atomic mass is 32.2. The fourth-order valence-electron chi connectivity index (χ4n) is 2.25. The summed E-state index contributed by atoms with van der Waals surface area (Å²) in [6.45, 7) is 4.13.